The molecule has 0 aromatic heterocycles. The average molecular weight is 176 g/mol. The van der Waals surface area contributed by atoms with Gasteiger partial charge < -0.3 is 5.43 Å². The minimum Gasteiger partial charge on any atom is -0.324 e. The second-order valence-corrected chi connectivity index (χ2v) is 2.18. The van der Waals surface area contributed by atoms with E-state index in [4.69, 9.17) is 5.84 Å². The summed E-state index contributed by atoms with van der Waals surface area (Å²) in [6, 6.07) is 2.97. The Balaban J connectivity index is 3.12. The average Bonchev–Trinajstić information content (AvgIpc) is 2.04. The second-order valence-electron chi connectivity index (χ2n) is 2.18. The molecule has 0 atom stereocenters. The quantitative estimate of drug-likeness (QED) is 0.534. The van der Waals surface area contributed by atoms with E-state index in [-0.39, 0.29) is 5.69 Å². The lowest BCUT2D eigenvalue weighted by molar-refractivity contribution is 0.151. The van der Waals surface area contributed by atoms with Gasteiger partial charge in [-0.15, -0.1) is 0 Å². The number of nitrogen functional groups attached to an aromatic ring is 1. The Morgan fingerprint density at radius 2 is 2.00 bits per heavy atom. The molecule has 0 aliphatic heterocycles. The van der Waals surface area contributed by atoms with Gasteiger partial charge in [-0.05, 0) is 18.2 Å². The normalized spacial score (nSPS) is 10.4. The van der Waals surface area contributed by atoms with Gasteiger partial charge in [-0.3, -0.25) is 5.84 Å². The van der Waals surface area contributed by atoms with Crippen molar-refractivity contribution in [3.05, 3.63) is 29.6 Å². The fourth-order valence-corrected chi connectivity index (χ4v) is 0.846. The van der Waals surface area contributed by atoms with Gasteiger partial charge >= 0.3 is 0 Å². The molecule has 1 rings (SSSR count). The summed E-state index contributed by atoms with van der Waals surface area (Å²) in [6.07, 6.45) is -2.73. The molecule has 1 aromatic carbocycles. The third-order valence-corrected chi connectivity index (χ3v) is 1.40. The van der Waals surface area contributed by atoms with Crippen molar-refractivity contribution in [3.63, 3.8) is 0 Å². The van der Waals surface area contributed by atoms with Gasteiger partial charge in [0.05, 0.1) is 5.69 Å². The smallest absolute Gasteiger partial charge is 0.265 e. The van der Waals surface area contributed by atoms with Gasteiger partial charge in [0.2, 0.25) is 0 Å². The summed E-state index contributed by atoms with van der Waals surface area (Å²) < 4.78 is 36.7. The van der Waals surface area contributed by atoms with E-state index in [9.17, 15) is 13.2 Å². The van der Waals surface area contributed by atoms with E-state index in [1.807, 2.05) is 0 Å². The second kappa shape index (κ2) is 3.44. The molecule has 0 fully saturated rings. The number of alkyl halides is 2. The zero-order valence-electron chi connectivity index (χ0n) is 6.02. The van der Waals surface area contributed by atoms with Crippen LogP contribution >= 0.6 is 0 Å². The van der Waals surface area contributed by atoms with Crippen molar-refractivity contribution >= 4 is 5.69 Å². The maximum atomic E-state index is 12.4. The summed E-state index contributed by atoms with van der Waals surface area (Å²) >= 11 is 0. The number of nitrogens with one attached hydrogen (secondary N) is 1. The third-order valence-electron chi connectivity index (χ3n) is 1.40. The number of anilines is 1. The molecule has 0 radical (unpaired) electrons. The molecule has 0 aliphatic carbocycles. The Hall–Kier alpha value is -1.23. The first-order valence-electron chi connectivity index (χ1n) is 3.19. The molecule has 3 N–H and O–H groups in total. The van der Waals surface area contributed by atoms with E-state index in [1.165, 1.54) is 0 Å². The summed E-state index contributed by atoms with van der Waals surface area (Å²) in [4.78, 5) is 0. The number of hydrazine groups is 1. The first-order valence-corrected chi connectivity index (χ1v) is 3.19. The van der Waals surface area contributed by atoms with Gasteiger partial charge in [0.25, 0.3) is 6.43 Å². The standard InChI is InChI=1S/C7H7F3N2/c8-4-1-2-6(12-11)5(3-4)7(9)10/h1-3,7,12H,11H2. The monoisotopic (exact) mass is 176 g/mol. The number of hydrogen-bond acceptors (Lipinski definition) is 2. The van der Waals surface area contributed by atoms with Crippen molar-refractivity contribution in [1.82, 2.24) is 0 Å². The Labute approximate surface area is 67.2 Å². The number of halogens is 3. The summed E-state index contributed by atoms with van der Waals surface area (Å²) in [5, 5.41) is 0. The Morgan fingerprint density at radius 3 is 2.50 bits per heavy atom. The van der Waals surface area contributed by atoms with Crippen molar-refractivity contribution in [1.29, 1.82) is 0 Å². The lowest BCUT2D eigenvalue weighted by Gasteiger charge is -2.06. The van der Waals surface area contributed by atoms with Gasteiger partial charge in [-0.25, -0.2) is 13.2 Å². The minimum atomic E-state index is -2.73. The van der Waals surface area contributed by atoms with Gasteiger partial charge in [0.1, 0.15) is 5.82 Å². The summed E-state index contributed by atoms with van der Waals surface area (Å²) in [5.74, 6) is 4.23. The topological polar surface area (TPSA) is 38.0 Å². The molecule has 1 aromatic rings. The van der Waals surface area contributed by atoms with Gasteiger partial charge in [-0.2, -0.15) is 0 Å². The van der Waals surface area contributed by atoms with Crippen LogP contribution in [0.2, 0.25) is 0 Å². The van der Waals surface area contributed by atoms with E-state index in [0.717, 1.165) is 18.2 Å². The molecule has 0 saturated heterocycles. The molecule has 0 amide bonds. The first kappa shape index (κ1) is 8.86. The van der Waals surface area contributed by atoms with Gasteiger partial charge in [-0.1, -0.05) is 0 Å². The zero-order valence-corrected chi connectivity index (χ0v) is 6.02. The molecule has 0 heterocycles. The molecule has 0 unspecified atom stereocenters. The van der Waals surface area contributed by atoms with Crippen molar-refractivity contribution in [3.8, 4) is 0 Å². The molecule has 12 heavy (non-hydrogen) atoms. The summed E-state index contributed by atoms with van der Waals surface area (Å²) in [7, 11) is 0. The molecular formula is C7H7F3N2. The summed E-state index contributed by atoms with van der Waals surface area (Å²) in [6.45, 7) is 0. The lowest BCUT2D eigenvalue weighted by Crippen LogP contribution is -2.09. The maximum absolute atomic E-state index is 12.4. The predicted molar refractivity (Wildman–Crippen MR) is 39.2 cm³/mol. The molecular weight excluding hydrogens is 169 g/mol. The van der Waals surface area contributed by atoms with Crippen LogP contribution in [0.15, 0.2) is 18.2 Å². The molecule has 0 spiro atoms. The van der Waals surface area contributed by atoms with Crippen LogP contribution in [0.5, 0.6) is 0 Å². The molecule has 66 valence electrons. The van der Waals surface area contributed by atoms with Crippen LogP contribution in [-0.4, -0.2) is 0 Å². The van der Waals surface area contributed by atoms with Crippen LogP contribution in [-0.2, 0) is 0 Å². The van der Waals surface area contributed by atoms with Crippen LogP contribution in [0.25, 0.3) is 0 Å². The van der Waals surface area contributed by atoms with E-state index >= 15 is 0 Å². The molecule has 2 nitrogen and oxygen atoms in total. The van der Waals surface area contributed by atoms with Crippen molar-refractivity contribution in [2.75, 3.05) is 5.43 Å². The van der Waals surface area contributed by atoms with E-state index in [1.54, 1.807) is 0 Å². The predicted octanol–water partition coefficient (Wildman–Crippen LogP) is 2.05. The SMILES string of the molecule is NNc1ccc(F)cc1C(F)F. The maximum Gasteiger partial charge on any atom is 0.265 e. The fraction of sp³-hybridized carbons (Fsp3) is 0.143. The van der Waals surface area contributed by atoms with Crippen LogP contribution in [0.1, 0.15) is 12.0 Å². The number of nitrogens with two attached hydrogens (primary N) is 1. The van der Waals surface area contributed by atoms with Crippen LogP contribution in [0, 0.1) is 5.82 Å². The fourth-order valence-electron chi connectivity index (χ4n) is 0.846. The van der Waals surface area contributed by atoms with Crippen LogP contribution in [0.4, 0.5) is 18.9 Å². The molecule has 0 saturated carbocycles. The number of rotatable bonds is 2. The van der Waals surface area contributed by atoms with Gasteiger partial charge in [0, 0.05) is 5.56 Å². The first-order chi connectivity index (χ1) is 5.65. The highest BCUT2D eigenvalue weighted by Crippen LogP contribution is 2.26. The lowest BCUT2D eigenvalue weighted by atomic mass is 10.2. The molecule has 0 bridgehead atoms. The van der Waals surface area contributed by atoms with Crippen molar-refractivity contribution < 1.29 is 13.2 Å². The molecule has 0 aliphatic rings. The van der Waals surface area contributed by atoms with Crippen molar-refractivity contribution in [2.24, 2.45) is 5.84 Å². The van der Waals surface area contributed by atoms with Crippen LogP contribution in [0.3, 0.4) is 0 Å². The Bertz CT molecular complexity index is 275. The van der Waals surface area contributed by atoms with Crippen LogP contribution < -0.4 is 11.3 Å². The Morgan fingerprint density at radius 1 is 1.33 bits per heavy atom. The summed E-state index contributed by atoms with van der Waals surface area (Å²) in [5.41, 5.74) is 1.66. The number of hydrogen-bond donors (Lipinski definition) is 2. The highest BCUT2D eigenvalue weighted by Gasteiger charge is 2.12. The van der Waals surface area contributed by atoms with Gasteiger partial charge in [0.15, 0.2) is 0 Å². The van der Waals surface area contributed by atoms with E-state index < -0.39 is 17.8 Å². The van der Waals surface area contributed by atoms with E-state index in [2.05, 4.69) is 5.43 Å². The highest BCUT2D eigenvalue weighted by molar-refractivity contribution is 5.50. The minimum absolute atomic E-state index is 0.0337. The largest absolute Gasteiger partial charge is 0.324 e. The zero-order chi connectivity index (χ0) is 9.14. The van der Waals surface area contributed by atoms with Crippen molar-refractivity contribution in [2.45, 2.75) is 6.43 Å². The number of benzene rings is 1. The third kappa shape index (κ3) is 1.68. The highest BCUT2D eigenvalue weighted by atomic mass is 19.3. The van der Waals surface area contributed by atoms with E-state index in [0.29, 0.717) is 0 Å². The molecule has 5 heteroatoms. The Kier molecular flexibility index (Phi) is 2.54.